The molecule has 1 radical (unpaired) electrons. The highest BCUT2D eigenvalue weighted by atomic mass is 16.3. The number of aliphatic hydroxyl groups excluding tert-OH is 1. The maximum absolute atomic E-state index is 11.5. The van der Waals surface area contributed by atoms with Crippen LogP contribution in [0.15, 0.2) is 60.9 Å². The number of carbonyl (C=O) groups is 2. The Balaban J connectivity index is 2.02. The molecule has 0 fully saturated rings. The van der Waals surface area contributed by atoms with Crippen LogP contribution in [0.25, 0.3) is 21.8 Å². The van der Waals surface area contributed by atoms with Crippen LogP contribution >= 0.6 is 0 Å². The third-order valence-electron chi connectivity index (χ3n) is 4.71. The highest BCUT2D eigenvalue weighted by molar-refractivity contribution is 5.99. The summed E-state index contributed by atoms with van der Waals surface area (Å²) in [5.41, 5.74) is 2.71. The third-order valence-corrected chi connectivity index (χ3v) is 4.71. The lowest BCUT2D eigenvalue weighted by atomic mass is 10.2. The standard InChI is InChI=1S/C21H17N2O3/c1-14(26)21(22-10-15(12-24)17-6-2-4-8-19(17)22)23-11-16(13-25)18-7-3-5-9-20(18)23/h2-14,21,26H,1H2. The van der Waals surface area contributed by atoms with Gasteiger partial charge in [-0.25, -0.2) is 0 Å². The molecule has 26 heavy (non-hydrogen) atoms. The Bertz CT molecular complexity index is 1030. The van der Waals surface area contributed by atoms with E-state index in [2.05, 4.69) is 6.92 Å². The second kappa shape index (κ2) is 6.28. The molecule has 2 aromatic carbocycles. The van der Waals surface area contributed by atoms with Gasteiger partial charge in [-0.15, -0.1) is 0 Å². The first kappa shape index (κ1) is 16.3. The molecule has 1 N–H and O–H groups in total. The minimum Gasteiger partial charge on any atom is -0.389 e. The van der Waals surface area contributed by atoms with Gasteiger partial charge in [-0.1, -0.05) is 36.4 Å². The van der Waals surface area contributed by atoms with Crippen molar-refractivity contribution in [3.8, 4) is 0 Å². The van der Waals surface area contributed by atoms with Crippen molar-refractivity contribution in [2.24, 2.45) is 0 Å². The van der Waals surface area contributed by atoms with Crippen molar-refractivity contribution in [3.63, 3.8) is 0 Å². The first-order chi connectivity index (χ1) is 12.7. The maximum Gasteiger partial charge on any atom is 0.152 e. The molecular formula is C21H17N2O3. The Labute approximate surface area is 150 Å². The number of nitrogens with zero attached hydrogens (tertiary/aromatic N) is 2. The summed E-state index contributed by atoms with van der Waals surface area (Å²) < 4.78 is 3.66. The molecule has 0 saturated carbocycles. The normalized spacial score (nSPS) is 12.7. The largest absolute Gasteiger partial charge is 0.389 e. The van der Waals surface area contributed by atoms with E-state index < -0.39 is 12.3 Å². The summed E-state index contributed by atoms with van der Waals surface area (Å²) in [6.45, 7) is 3.81. The number of benzene rings is 2. The van der Waals surface area contributed by atoms with Gasteiger partial charge in [-0.3, -0.25) is 9.59 Å². The van der Waals surface area contributed by atoms with Gasteiger partial charge in [0, 0.05) is 34.3 Å². The molecule has 2 aromatic heterocycles. The van der Waals surface area contributed by atoms with E-state index in [-0.39, 0.29) is 0 Å². The molecule has 2 heterocycles. The molecule has 5 heteroatoms. The molecule has 0 aliphatic carbocycles. The van der Waals surface area contributed by atoms with Crippen molar-refractivity contribution in [2.45, 2.75) is 12.3 Å². The number of hydrogen-bond acceptors (Lipinski definition) is 3. The van der Waals surface area contributed by atoms with Crippen molar-refractivity contribution in [1.29, 1.82) is 0 Å². The van der Waals surface area contributed by atoms with Crippen LogP contribution in [0.1, 0.15) is 26.9 Å². The van der Waals surface area contributed by atoms with Crippen molar-refractivity contribution in [2.75, 3.05) is 0 Å². The fourth-order valence-electron chi connectivity index (χ4n) is 3.59. The molecule has 0 amide bonds. The zero-order chi connectivity index (χ0) is 18.3. The lowest BCUT2D eigenvalue weighted by Crippen LogP contribution is -2.27. The fourth-order valence-corrected chi connectivity index (χ4v) is 3.59. The summed E-state index contributed by atoms with van der Waals surface area (Å²) in [4.78, 5) is 23.0. The zero-order valence-electron chi connectivity index (χ0n) is 13.9. The highest BCUT2D eigenvalue weighted by Crippen LogP contribution is 2.30. The molecule has 0 aliphatic rings. The van der Waals surface area contributed by atoms with Gasteiger partial charge in [0.05, 0.1) is 17.1 Å². The van der Waals surface area contributed by atoms with Crippen LogP contribution in [0.5, 0.6) is 0 Å². The van der Waals surface area contributed by atoms with E-state index in [0.29, 0.717) is 11.1 Å². The number of aldehydes is 2. The monoisotopic (exact) mass is 345 g/mol. The van der Waals surface area contributed by atoms with E-state index >= 15 is 0 Å². The van der Waals surface area contributed by atoms with Gasteiger partial charge >= 0.3 is 0 Å². The molecular weight excluding hydrogens is 328 g/mol. The molecule has 0 saturated heterocycles. The van der Waals surface area contributed by atoms with Crippen LogP contribution in [-0.4, -0.2) is 32.9 Å². The summed E-state index contributed by atoms with van der Waals surface area (Å²) in [6.07, 6.45) is 3.43. The molecule has 0 spiro atoms. The molecule has 129 valence electrons. The van der Waals surface area contributed by atoms with Crippen LogP contribution < -0.4 is 0 Å². The lowest BCUT2D eigenvalue weighted by molar-refractivity contribution is 0.111. The van der Waals surface area contributed by atoms with E-state index in [1.165, 1.54) is 0 Å². The van der Waals surface area contributed by atoms with Crippen molar-refractivity contribution >= 4 is 34.4 Å². The highest BCUT2D eigenvalue weighted by Gasteiger charge is 2.24. The van der Waals surface area contributed by atoms with E-state index in [0.717, 1.165) is 34.4 Å². The Morgan fingerprint density at radius 3 is 1.62 bits per heavy atom. The number of carbonyl (C=O) groups excluding carboxylic acids is 2. The first-order valence-corrected chi connectivity index (χ1v) is 8.26. The fraction of sp³-hybridized carbons (Fsp3) is 0.0952. The number of aromatic nitrogens is 2. The summed E-state index contributed by atoms with van der Waals surface area (Å²) in [5, 5.41) is 12.1. The van der Waals surface area contributed by atoms with Crippen molar-refractivity contribution in [3.05, 3.63) is 79.0 Å². The van der Waals surface area contributed by atoms with Crippen LogP contribution in [-0.2, 0) is 0 Å². The average Bonchev–Trinajstić information content (AvgIpc) is 3.21. The predicted octanol–water partition coefficient (Wildman–Crippen LogP) is 3.46. The minimum atomic E-state index is -0.999. The average molecular weight is 345 g/mol. The van der Waals surface area contributed by atoms with Crippen molar-refractivity contribution in [1.82, 2.24) is 9.13 Å². The van der Waals surface area contributed by atoms with E-state index in [9.17, 15) is 14.7 Å². The summed E-state index contributed by atoms with van der Waals surface area (Å²) in [5.74, 6) is 0. The second-order valence-electron chi connectivity index (χ2n) is 6.23. The summed E-state index contributed by atoms with van der Waals surface area (Å²) in [7, 11) is 0. The number of rotatable bonds is 5. The summed E-state index contributed by atoms with van der Waals surface area (Å²) in [6, 6.07) is 15.0. The maximum atomic E-state index is 11.5. The molecule has 5 nitrogen and oxygen atoms in total. The second-order valence-corrected chi connectivity index (χ2v) is 6.23. The van der Waals surface area contributed by atoms with E-state index in [1.54, 1.807) is 12.4 Å². The summed E-state index contributed by atoms with van der Waals surface area (Å²) >= 11 is 0. The Morgan fingerprint density at radius 1 is 0.808 bits per heavy atom. The van der Waals surface area contributed by atoms with Crippen LogP contribution in [0, 0.1) is 6.92 Å². The SMILES string of the molecule is [CH2]C(O)C(n1cc(C=O)c2ccccc21)n1cc(C=O)c2ccccc21. The topological polar surface area (TPSA) is 64.2 Å². The minimum absolute atomic E-state index is 0.540. The quantitative estimate of drug-likeness (QED) is 0.563. The lowest BCUT2D eigenvalue weighted by Gasteiger charge is -2.25. The molecule has 4 rings (SSSR count). The van der Waals surface area contributed by atoms with Gasteiger partial charge in [0.1, 0.15) is 6.17 Å². The van der Waals surface area contributed by atoms with Gasteiger partial charge in [0.15, 0.2) is 12.6 Å². The smallest absolute Gasteiger partial charge is 0.152 e. The van der Waals surface area contributed by atoms with Crippen molar-refractivity contribution < 1.29 is 14.7 Å². The number of aliphatic hydroxyl groups is 1. The Kier molecular flexibility index (Phi) is 3.93. The van der Waals surface area contributed by atoms with Gasteiger partial charge in [0.25, 0.3) is 0 Å². The zero-order valence-corrected chi connectivity index (χ0v) is 13.9. The van der Waals surface area contributed by atoms with Crippen LogP contribution in [0.3, 0.4) is 0 Å². The Morgan fingerprint density at radius 2 is 1.23 bits per heavy atom. The molecule has 0 aliphatic heterocycles. The van der Waals surface area contributed by atoms with Gasteiger partial charge < -0.3 is 14.2 Å². The molecule has 1 unspecified atom stereocenters. The van der Waals surface area contributed by atoms with E-state index in [4.69, 9.17) is 0 Å². The molecule has 0 bridgehead atoms. The first-order valence-electron chi connectivity index (χ1n) is 8.26. The van der Waals surface area contributed by atoms with Gasteiger partial charge in [0.2, 0.25) is 0 Å². The number of hydrogen-bond donors (Lipinski definition) is 1. The molecule has 1 atom stereocenters. The number of para-hydroxylation sites is 2. The van der Waals surface area contributed by atoms with E-state index in [1.807, 2.05) is 57.7 Å². The van der Waals surface area contributed by atoms with Crippen LogP contribution in [0.4, 0.5) is 0 Å². The number of fused-ring (bicyclic) bond motifs is 2. The van der Waals surface area contributed by atoms with Crippen LogP contribution in [0.2, 0.25) is 0 Å². The van der Waals surface area contributed by atoms with Gasteiger partial charge in [-0.2, -0.15) is 0 Å². The molecule has 4 aromatic rings. The third kappa shape index (κ3) is 2.36. The Hall–Kier alpha value is -3.18. The predicted molar refractivity (Wildman–Crippen MR) is 100 cm³/mol. The van der Waals surface area contributed by atoms with Gasteiger partial charge in [-0.05, 0) is 19.1 Å².